The molecular formula is C12H12Cl2F3NO2. The molecule has 0 amide bonds. The topological polar surface area (TPSA) is 38.3 Å². The van der Waals surface area contributed by atoms with Crippen molar-refractivity contribution < 1.29 is 22.7 Å². The van der Waals surface area contributed by atoms with Crippen LogP contribution in [0.25, 0.3) is 0 Å². The highest BCUT2D eigenvalue weighted by Crippen LogP contribution is 2.32. The maximum absolute atomic E-state index is 12.4. The lowest BCUT2D eigenvalue weighted by molar-refractivity contribution is -0.153. The molecule has 0 aliphatic rings. The van der Waals surface area contributed by atoms with Crippen LogP contribution in [0.3, 0.4) is 0 Å². The Balaban J connectivity index is 3.23. The van der Waals surface area contributed by atoms with Crippen LogP contribution in [0.1, 0.15) is 12.5 Å². The predicted molar refractivity (Wildman–Crippen MR) is 69.9 cm³/mol. The Labute approximate surface area is 124 Å². The predicted octanol–water partition coefficient (Wildman–Crippen LogP) is 3.53. The lowest BCUT2D eigenvalue weighted by Crippen LogP contribution is -2.50. The molecule has 0 saturated heterocycles. The van der Waals surface area contributed by atoms with Crippen molar-refractivity contribution in [3.8, 4) is 0 Å². The van der Waals surface area contributed by atoms with E-state index in [9.17, 15) is 18.0 Å². The van der Waals surface area contributed by atoms with Crippen molar-refractivity contribution in [1.29, 1.82) is 0 Å². The van der Waals surface area contributed by atoms with Crippen LogP contribution >= 0.6 is 23.2 Å². The molecule has 0 spiro atoms. The maximum Gasteiger partial charge on any atom is 0.401 e. The van der Waals surface area contributed by atoms with Crippen molar-refractivity contribution in [3.05, 3.63) is 33.8 Å². The van der Waals surface area contributed by atoms with Gasteiger partial charge >= 0.3 is 12.1 Å². The van der Waals surface area contributed by atoms with Crippen LogP contribution < -0.4 is 5.32 Å². The number of benzene rings is 1. The highest BCUT2D eigenvalue weighted by Gasteiger charge is 2.41. The van der Waals surface area contributed by atoms with E-state index in [1.165, 1.54) is 25.1 Å². The van der Waals surface area contributed by atoms with Gasteiger partial charge < -0.3 is 4.74 Å². The number of nitrogens with one attached hydrogen (secondary N) is 1. The Kier molecular flexibility index (Phi) is 5.29. The fourth-order valence-electron chi connectivity index (χ4n) is 1.64. The van der Waals surface area contributed by atoms with Crippen LogP contribution in [0.5, 0.6) is 0 Å². The minimum atomic E-state index is -4.49. The molecule has 20 heavy (non-hydrogen) atoms. The summed E-state index contributed by atoms with van der Waals surface area (Å²) in [5, 5.41) is 2.48. The number of methoxy groups -OCH3 is 1. The van der Waals surface area contributed by atoms with Crippen molar-refractivity contribution in [2.24, 2.45) is 0 Å². The Hall–Kier alpha value is -0.980. The van der Waals surface area contributed by atoms with Gasteiger partial charge in [0.2, 0.25) is 0 Å². The van der Waals surface area contributed by atoms with Crippen molar-refractivity contribution in [2.45, 2.75) is 18.6 Å². The van der Waals surface area contributed by atoms with Gasteiger partial charge in [-0.1, -0.05) is 23.2 Å². The molecule has 1 unspecified atom stereocenters. The maximum atomic E-state index is 12.4. The quantitative estimate of drug-likeness (QED) is 0.859. The summed E-state index contributed by atoms with van der Waals surface area (Å²) < 4.78 is 41.7. The second kappa shape index (κ2) is 6.20. The zero-order valence-electron chi connectivity index (χ0n) is 10.6. The van der Waals surface area contributed by atoms with Gasteiger partial charge in [-0.2, -0.15) is 13.2 Å². The average molecular weight is 330 g/mol. The number of hydrogen-bond acceptors (Lipinski definition) is 3. The summed E-state index contributed by atoms with van der Waals surface area (Å²) in [6.45, 7) is -0.121. The van der Waals surface area contributed by atoms with Crippen molar-refractivity contribution >= 4 is 29.2 Å². The molecule has 1 aromatic rings. The van der Waals surface area contributed by atoms with Crippen LogP contribution in [-0.4, -0.2) is 25.8 Å². The molecule has 0 aromatic heterocycles. The molecule has 1 aromatic carbocycles. The van der Waals surface area contributed by atoms with Gasteiger partial charge in [-0.3, -0.25) is 5.32 Å². The van der Waals surface area contributed by atoms with E-state index < -0.39 is 24.2 Å². The Morgan fingerprint density at radius 2 is 1.95 bits per heavy atom. The van der Waals surface area contributed by atoms with Crippen LogP contribution in [0.4, 0.5) is 13.2 Å². The number of esters is 1. The number of rotatable bonds is 4. The number of carbonyl (C=O) groups is 1. The molecule has 0 bridgehead atoms. The molecule has 112 valence electrons. The standard InChI is InChI=1S/C12H12Cl2F3NO2/c1-11(10(19)20-2,18-6-12(15,16)17)8-5-7(13)3-4-9(8)14/h3-5,18H,6H2,1-2H3. The summed E-state index contributed by atoms with van der Waals surface area (Å²) in [6.07, 6.45) is -4.49. The van der Waals surface area contributed by atoms with E-state index in [2.05, 4.69) is 10.1 Å². The molecule has 0 aliphatic carbocycles. The SMILES string of the molecule is COC(=O)C(C)(NCC(F)(F)F)c1cc(Cl)ccc1Cl. The van der Waals surface area contributed by atoms with Crippen LogP contribution in [-0.2, 0) is 15.1 Å². The molecule has 0 fully saturated rings. The second-order valence-corrected chi connectivity index (χ2v) is 5.05. The third kappa shape index (κ3) is 4.01. The first-order valence-electron chi connectivity index (χ1n) is 5.46. The molecule has 1 rings (SSSR count). The fraction of sp³-hybridized carbons (Fsp3) is 0.417. The van der Waals surface area contributed by atoms with E-state index in [1.54, 1.807) is 0 Å². The summed E-state index contributed by atoms with van der Waals surface area (Å²) in [4.78, 5) is 11.9. The van der Waals surface area contributed by atoms with Gasteiger partial charge in [0, 0.05) is 15.6 Å². The first-order valence-corrected chi connectivity index (χ1v) is 6.21. The fourth-order valence-corrected chi connectivity index (χ4v) is 2.12. The van der Waals surface area contributed by atoms with E-state index in [4.69, 9.17) is 23.2 Å². The van der Waals surface area contributed by atoms with Gasteiger partial charge in [-0.05, 0) is 25.1 Å². The van der Waals surface area contributed by atoms with Crippen LogP contribution in [0.2, 0.25) is 10.0 Å². The van der Waals surface area contributed by atoms with Crippen molar-refractivity contribution in [2.75, 3.05) is 13.7 Å². The smallest absolute Gasteiger partial charge is 0.401 e. The number of hydrogen-bond donors (Lipinski definition) is 1. The molecule has 3 nitrogen and oxygen atoms in total. The average Bonchev–Trinajstić information content (AvgIpc) is 2.37. The summed E-state index contributed by atoms with van der Waals surface area (Å²) in [6, 6.07) is 4.19. The van der Waals surface area contributed by atoms with Gasteiger partial charge in [0.05, 0.1) is 13.7 Å². The van der Waals surface area contributed by atoms with Gasteiger partial charge in [0.15, 0.2) is 0 Å². The second-order valence-electron chi connectivity index (χ2n) is 4.21. The molecule has 8 heteroatoms. The van der Waals surface area contributed by atoms with Crippen LogP contribution in [0, 0.1) is 0 Å². The normalized spacial score (nSPS) is 14.8. The third-order valence-electron chi connectivity index (χ3n) is 2.70. The molecule has 0 aliphatic heterocycles. The van der Waals surface area contributed by atoms with E-state index >= 15 is 0 Å². The van der Waals surface area contributed by atoms with Gasteiger partial charge in [0.1, 0.15) is 5.54 Å². The van der Waals surface area contributed by atoms with Crippen molar-refractivity contribution in [3.63, 3.8) is 0 Å². The van der Waals surface area contributed by atoms with E-state index in [0.29, 0.717) is 0 Å². The summed E-state index contributed by atoms with van der Waals surface area (Å²) >= 11 is 11.7. The van der Waals surface area contributed by atoms with Gasteiger partial charge in [-0.15, -0.1) is 0 Å². The number of halogens is 5. The lowest BCUT2D eigenvalue weighted by Gasteiger charge is -2.30. The van der Waals surface area contributed by atoms with Crippen molar-refractivity contribution in [1.82, 2.24) is 5.32 Å². The number of ether oxygens (including phenoxy) is 1. The number of carbonyl (C=O) groups excluding carboxylic acids is 1. The molecule has 1 atom stereocenters. The third-order valence-corrected chi connectivity index (χ3v) is 3.27. The molecule has 0 radical (unpaired) electrons. The largest absolute Gasteiger partial charge is 0.467 e. The van der Waals surface area contributed by atoms with E-state index in [0.717, 1.165) is 7.11 Å². The Morgan fingerprint density at radius 3 is 2.45 bits per heavy atom. The molecule has 0 saturated carbocycles. The lowest BCUT2D eigenvalue weighted by atomic mass is 9.91. The highest BCUT2D eigenvalue weighted by atomic mass is 35.5. The minimum absolute atomic E-state index is 0.108. The summed E-state index contributed by atoms with van der Waals surface area (Å²) in [5.74, 6) is -0.897. The minimum Gasteiger partial charge on any atom is -0.467 e. The van der Waals surface area contributed by atoms with E-state index in [1.807, 2.05) is 0 Å². The molecular weight excluding hydrogens is 318 g/mol. The van der Waals surface area contributed by atoms with Crippen LogP contribution in [0.15, 0.2) is 18.2 Å². The van der Waals surface area contributed by atoms with E-state index in [-0.39, 0.29) is 15.6 Å². The Morgan fingerprint density at radius 1 is 1.35 bits per heavy atom. The number of alkyl halides is 3. The zero-order chi connectivity index (χ0) is 15.6. The van der Waals surface area contributed by atoms with Gasteiger partial charge in [0.25, 0.3) is 0 Å². The highest BCUT2D eigenvalue weighted by molar-refractivity contribution is 6.33. The zero-order valence-corrected chi connectivity index (χ0v) is 12.2. The first-order chi connectivity index (χ1) is 9.10. The molecule has 0 heterocycles. The Bertz CT molecular complexity index is 508. The van der Waals surface area contributed by atoms with Gasteiger partial charge in [-0.25, -0.2) is 4.79 Å². The first kappa shape index (κ1) is 17.1. The molecule has 1 N–H and O–H groups in total. The summed E-state index contributed by atoms with van der Waals surface area (Å²) in [7, 11) is 1.08. The monoisotopic (exact) mass is 329 g/mol. The summed E-state index contributed by atoms with van der Waals surface area (Å²) in [5.41, 5.74) is -1.64.